The molecule has 4 unspecified atom stereocenters. The van der Waals surface area contributed by atoms with Crippen LogP contribution in [0.5, 0.6) is 0 Å². The van der Waals surface area contributed by atoms with E-state index in [9.17, 15) is 9.59 Å². The summed E-state index contributed by atoms with van der Waals surface area (Å²) in [5.74, 6) is -0.470. The molecule has 4 atom stereocenters. The van der Waals surface area contributed by atoms with Gasteiger partial charge in [0.2, 0.25) is 0 Å². The monoisotopic (exact) mass is 584 g/mol. The third-order valence-corrected chi connectivity index (χ3v) is 5.41. The van der Waals surface area contributed by atoms with Gasteiger partial charge in [0, 0.05) is 0 Å². The molecule has 0 heterocycles. The van der Waals surface area contributed by atoms with Crippen molar-refractivity contribution in [2.24, 2.45) is 11.8 Å². The van der Waals surface area contributed by atoms with Crippen molar-refractivity contribution in [3.05, 3.63) is 0 Å². The molecule has 0 aliphatic heterocycles. The van der Waals surface area contributed by atoms with Crippen LogP contribution in [0.3, 0.4) is 0 Å². The number of hydrogen-bond acceptors (Lipinski definition) is 12. The van der Waals surface area contributed by atoms with Gasteiger partial charge < -0.3 is 48.1 Å². The molecule has 240 valence electrons. The van der Waals surface area contributed by atoms with Gasteiger partial charge in [-0.05, 0) is 26.7 Å². The number of carbonyl (C=O) groups excluding carboxylic acids is 2. The number of hydrogen-bond donors (Lipinski definition) is 2. The molecule has 0 bridgehead atoms. The predicted molar refractivity (Wildman–Crippen MR) is 149 cm³/mol. The molecule has 0 spiro atoms. The largest absolute Gasteiger partial charge is 0.463 e. The van der Waals surface area contributed by atoms with Gasteiger partial charge in [-0.3, -0.25) is 9.59 Å². The summed E-state index contributed by atoms with van der Waals surface area (Å²) in [5, 5.41) is 17.1. The minimum Gasteiger partial charge on any atom is -0.463 e. The molecular weight excluding hydrogens is 528 g/mol. The molecule has 0 radical (unpaired) electrons. The molecule has 0 aromatic rings. The Balaban J connectivity index is 0. The van der Waals surface area contributed by atoms with E-state index in [0.717, 1.165) is 12.8 Å². The van der Waals surface area contributed by atoms with Crippen molar-refractivity contribution in [1.82, 2.24) is 0 Å². The Morgan fingerprint density at radius 1 is 0.525 bits per heavy atom. The zero-order valence-electron chi connectivity index (χ0n) is 25.6. The molecule has 12 nitrogen and oxygen atoms in total. The van der Waals surface area contributed by atoms with Gasteiger partial charge in [0.15, 0.2) is 0 Å². The molecule has 0 aromatic heterocycles. The van der Waals surface area contributed by atoms with Crippen LogP contribution in [0.25, 0.3) is 0 Å². The highest BCUT2D eigenvalue weighted by Gasteiger charge is 2.12. The molecule has 12 heteroatoms. The van der Waals surface area contributed by atoms with Gasteiger partial charge in [0.25, 0.3) is 0 Å². The summed E-state index contributed by atoms with van der Waals surface area (Å²) in [4.78, 5) is 22.7. The second kappa shape index (κ2) is 30.6. The molecule has 0 saturated carbocycles. The van der Waals surface area contributed by atoms with Crippen molar-refractivity contribution >= 4 is 11.9 Å². The van der Waals surface area contributed by atoms with Crippen molar-refractivity contribution in [1.29, 1.82) is 0 Å². The Morgan fingerprint density at radius 2 is 0.850 bits per heavy atom. The van der Waals surface area contributed by atoms with Crippen LogP contribution in [0.15, 0.2) is 0 Å². The van der Waals surface area contributed by atoms with Crippen molar-refractivity contribution < 1.29 is 57.7 Å². The zero-order valence-corrected chi connectivity index (χ0v) is 25.6. The van der Waals surface area contributed by atoms with Crippen molar-refractivity contribution in [2.75, 3.05) is 92.5 Å². The van der Waals surface area contributed by atoms with E-state index in [4.69, 9.17) is 48.1 Å². The third-order valence-electron chi connectivity index (χ3n) is 5.41. The number of esters is 2. The maximum atomic E-state index is 11.3. The van der Waals surface area contributed by atoms with Gasteiger partial charge in [-0.2, -0.15) is 0 Å². The first-order valence-electron chi connectivity index (χ1n) is 14.3. The molecule has 0 fully saturated rings. The Bertz CT molecular complexity index is 515. The Morgan fingerprint density at radius 3 is 1.18 bits per heavy atom. The summed E-state index contributed by atoms with van der Waals surface area (Å²) >= 11 is 0. The molecule has 0 aliphatic rings. The Labute approximate surface area is 240 Å². The van der Waals surface area contributed by atoms with E-state index in [0.29, 0.717) is 66.1 Å². The van der Waals surface area contributed by atoms with E-state index < -0.39 is 0 Å². The first-order valence-corrected chi connectivity index (χ1v) is 14.3. The smallest absolute Gasteiger partial charge is 0.308 e. The van der Waals surface area contributed by atoms with Crippen LogP contribution in [-0.4, -0.2) is 127 Å². The Kier molecular flexibility index (Phi) is 31.2. The number of ether oxygens (including phenoxy) is 8. The first-order chi connectivity index (χ1) is 19.2. The van der Waals surface area contributed by atoms with Crippen LogP contribution < -0.4 is 0 Å². The SMILES string of the molecule is CCC(C)C(=O)OCCOCCOCC(C)OCCO.CCC(C)C(=O)OCCOCCOCC(C)OCCO. The molecule has 40 heavy (non-hydrogen) atoms. The average molecular weight is 585 g/mol. The van der Waals surface area contributed by atoms with Crippen molar-refractivity contribution in [2.45, 2.75) is 66.6 Å². The van der Waals surface area contributed by atoms with E-state index in [2.05, 4.69) is 0 Å². The molecule has 2 N–H and O–H groups in total. The summed E-state index contributed by atoms with van der Waals surface area (Å²) in [7, 11) is 0. The summed E-state index contributed by atoms with van der Waals surface area (Å²) in [6.45, 7) is 16.1. The molecule has 0 amide bonds. The number of rotatable bonds is 26. The lowest BCUT2D eigenvalue weighted by molar-refractivity contribution is -0.150. The Hall–Kier alpha value is -1.38. The van der Waals surface area contributed by atoms with Gasteiger partial charge >= 0.3 is 11.9 Å². The zero-order chi connectivity index (χ0) is 30.4. The van der Waals surface area contributed by atoms with Crippen LogP contribution in [-0.2, 0) is 47.5 Å². The summed E-state index contributed by atoms with van der Waals surface area (Å²) in [6, 6.07) is 0. The molecule has 0 aliphatic carbocycles. The number of aliphatic hydroxyl groups excluding tert-OH is 2. The van der Waals surface area contributed by atoms with Gasteiger partial charge in [-0.25, -0.2) is 0 Å². The summed E-state index contributed by atoms with van der Waals surface area (Å²) < 4.78 is 41.7. The lowest BCUT2D eigenvalue weighted by Crippen LogP contribution is -2.20. The normalized spacial score (nSPS) is 14.0. The van der Waals surface area contributed by atoms with Crippen LogP contribution in [0.4, 0.5) is 0 Å². The number of aliphatic hydroxyl groups is 2. The topological polar surface area (TPSA) is 148 Å². The third kappa shape index (κ3) is 28.2. The lowest BCUT2D eigenvalue weighted by Gasteiger charge is -2.13. The second-order valence-corrected chi connectivity index (χ2v) is 9.14. The summed E-state index contributed by atoms with van der Waals surface area (Å²) in [5.41, 5.74) is 0. The quantitative estimate of drug-likeness (QED) is 0.113. The lowest BCUT2D eigenvalue weighted by atomic mass is 10.1. The highest BCUT2D eigenvalue weighted by molar-refractivity contribution is 5.72. The fourth-order valence-corrected chi connectivity index (χ4v) is 2.56. The van der Waals surface area contributed by atoms with Gasteiger partial charge in [0.1, 0.15) is 13.2 Å². The fraction of sp³-hybridized carbons (Fsp3) is 0.929. The first kappa shape index (κ1) is 40.8. The van der Waals surface area contributed by atoms with Gasteiger partial charge in [-0.1, -0.05) is 27.7 Å². The van der Waals surface area contributed by atoms with E-state index >= 15 is 0 Å². The minimum absolute atomic E-state index is 0.0167. The van der Waals surface area contributed by atoms with Gasteiger partial charge in [0.05, 0.1) is 103 Å². The molecular formula is C28H56O12. The maximum absolute atomic E-state index is 11.3. The maximum Gasteiger partial charge on any atom is 0.308 e. The minimum atomic E-state index is -0.179. The van der Waals surface area contributed by atoms with Crippen molar-refractivity contribution in [3.8, 4) is 0 Å². The van der Waals surface area contributed by atoms with Gasteiger partial charge in [-0.15, -0.1) is 0 Å². The van der Waals surface area contributed by atoms with E-state index in [-0.39, 0.29) is 62.4 Å². The van der Waals surface area contributed by atoms with Crippen LogP contribution >= 0.6 is 0 Å². The van der Waals surface area contributed by atoms with E-state index in [1.54, 1.807) is 0 Å². The summed E-state index contributed by atoms with van der Waals surface area (Å²) in [6.07, 6.45) is 1.48. The second-order valence-electron chi connectivity index (χ2n) is 9.14. The van der Waals surface area contributed by atoms with E-state index in [1.807, 2.05) is 41.5 Å². The van der Waals surface area contributed by atoms with Crippen LogP contribution in [0, 0.1) is 11.8 Å². The highest BCUT2D eigenvalue weighted by atomic mass is 16.6. The van der Waals surface area contributed by atoms with E-state index in [1.165, 1.54) is 0 Å². The molecule has 0 saturated heterocycles. The molecule has 0 aromatic carbocycles. The average Bonchev–Trinajstić information content (AvgIpc) is 2.96. The molecule has 0 rings (SSSR count). The standard InChI is InChI=1S/2C14H28O6/c2*1-4-12(2)14(16)20-10-9-17-7-8-18-11-13(3)19-6-5-15/h2*12-13,15H,4-11H2,1-3H3. The predicted octanol–water partition coefficient (Wildman–Crippen LogP) is 2.01. The number of carbonyl (C=O) groups is 2. The van der Waals surface area contributed by atoms with Crippen LogP contribution in [0.1, 0.15) is 54.4 Å². The van der Waals surface area contributed by atoms with Crippen LogP contribution in [0.2, 0.25) is 0 Å². The fourth-order valence-electron chi connectivity index (χ4n) is 2.56. The highest BCUT2D eigenvalue weighted by Crippen LogP contribution is 2.03. The van der Waals surface area contributed by atoms with Crippen molar-refractivity contribution in [3.63, 3.8) is 0 Å².